The maximum absolute atomic E-state index is 13.0. The molecule has 0 aliphatic rings. The standard InChI is InChI=1S/C20H20FN3O4/c1-3-12-26-16-8-4-14(5-9-16)18-19(24-28-23-18)22-20(25)13(2)27-17-10-6-15(21)7-11-17/h4-11,13H,3,12H2,1-2H3,(H,22,24,25)/t13-/m1/s1. The predicted molar refractivity (Wildman–Crippen MR) is 101 cm³/mol. The van der Waals surface area contributed by atoms with Gasteiger partial charge in [-0.1, -0.05) is 6.92 Å². The second-order valence-corrected chi connectivity index (χ2v) is 6.04. The Morgan fingerprint density at radius 2 is 1.79 bits per heavy atom. The van der Waals surface area contributed by atoms with Gasteiger partial charge >= 0.3 is 0 Å². The number of hydrogen-bond acceptors (Lipinski definition) is 6. The number of aromatic nitrogens is 2. The average Bonchev–Trinajstić information content (AvgIpc) is 3.16. The van der Waals surface area contributed by atoms with E-state index in [-0.39, 0.29) is 11.6 Å². The van der Waals surface area contributed by atoms with Crippen LogP contribution in [0.1, 0.15) is 20.3 Å². The molecule has 0 saturated heterocycles. The van der Waals surface area contributed by atoms with Crippen LogP contribution in [-0.2, 0) is 4.79 Å². The fourth-order valence-corrected chi connectivity index (χ4v) is 2.38. The molecule has 0 aliphatic heterocycles. The highest BCUT2D eigenvalue weighted by Gasteiger charge is 2.20. The number of ether oxygens (including phenoxy) is 2. The monoisotopic (exact) mass is 385 g/mol. The molecule has 8 heteroatoms. The van der Waals surface area contributed by atoms with Gasteiger partial charge in [-0.15, -0.1) is 0 Å². The Morgan fingerprint density at radius 3 is 2.46 bits per heavy atom. The highest BCUT2D eigenvalue weighted by atomic mass is 19.1. The molecule has 0 fully saturated rings. The minimum Gasteiger partial charge on any atom is -0.494 e. The van der Waals surface area contributed by atoms with Crippen LogP contribution in [0.25, 0.3) is 11.3 Å². The van der Waals surface area contributed by atoms with Crippen molar-refractivity contribution in [3.05, 3.63) is 54.3 Å². The van der Waals surface area contributed by atoms with Gasteiger partial charge in [0.25, 0.3) is 5.91 Å². The van der Waals surface area contributed by atoms with Gasteiger partial charge in [0, 0.05) is 5.56 Å². The van der Waals surface area contributed by atoms with E-state index >= 15 is 0 Å². The molecule has 1 heterocycles. The van der Waals surface area contributed by atoms with Gasteiger partial charge in [-0.25, -0.2) is 9.02 Å². The molecular formula is C20H20FN3O4. The quantitative estimate of drug-likeness (QED) is 0.629. The minimum atomic E-state index is -0.833. The summed E-state index contributed by atoms with van der Waals surface area (Å²) in [5, 5.41) is 10.2. The Labute approximate surface area is 161 Å². The molecule has 1 aromatic heterocycles. The first kappa shape index (κ1) is 19.3. The highest BCUT2D eigenvalue weighted by Crippen LogP contribution is 2.26. The zero-order valence-electron chi connectivity index (χ0n) is 15.5. The Hall–Kier alpha value is -3.42. The topological polar surface area (TPSA) is 86.5 Å². The van der Waals surface area contributed by atoms with Gasteiger partial charge in [0.05, 0.1) is 6.61 Å². The first-order valence-electron chi connectivity index (χ1n) is 8.85. The number of nitrogens with zero attached hydrogens (tertiary/aromatic N) is 2. The van der Waals surface area contributed by atoms with Gasteiger partial charge in [0.2, 0.25) is 5.82 Å². The SMILES string of the molecule is CCCOc1ccc(-c2nonc2NC(=O)[C@@H](C)Oc2ccc(F)cc2)cc1. The summed E-state index contributed by atoms with van der Waals surface area (Å²) in [6.45, 7) is 4.25. The summed E-state index contributed by atoms with van der Waals surface area (Å²) in [4.78, 5) is 12.4. The molecule has 0 saturated carbocycles. The van der Waals surface area contributed by atoms with Crippen molar-refractivity contribution < 1.29 is 23.3 Å². The number of amides is 1. The summed E-state index contributed by atoms with van der Waals surface area (Å²) in [7, 11) is 0. The van der Waals surface area contributed by atoms with Gasteiger partial charge < -0.3 is 14.8 Å². The average molecular weight is 385 g/mol. The summed E-state index contributed by atoms with van der Waals surface area (Å²) in [5.74, 6) is 0.485. The van der Waals surface area contributed by atoms with Crippen molar-refractivity contribution in [1.82, 2.24) is 10.3 Å². The van der Waals surface area contributed by atoms with Crippen molar-refractivity contribution >= 4 is 11.7 Å². The second kappa shape index (κ2) is 8.98. The molecule has 0 spiro atoms. The van der Waals surface area contributed by atoms with Crippen LogP contribution in [0.2, 0.25) is 0 Å². The predicted octanol–water partition coefficient (Wildman–Crippen LogP) is 4.07. The zero-order chi connectivity index (χ0) is 19.9. The smallest absolute Gasteiger partial charge is 0.266 e. The molecule has 146 valence electrons. The van der Waals surface area contributed by atoms with E-state index < -0.39 is 12.0 Å². The molecule has 0 bridgehead atoms. The van der Waals surface area contributed by atoms with Crippen LogP contribution >= 0.6 is 0 Å². The van der Waals surface area contributed by atoms with Crippen molar-refractivity contribution in [1.29, 1.82) is 0 Å². The number of rotatable bonds is 8. The lowest BCUT2D eigenvalue weighted by atomic mass is 10.1. The van der Waals surface area contributed by atoms with Crippen LogP contribution in [0.4, 0.5) is 10.2 Å². The van der Waals surface area contributed by atoms with Crippen LogP contribution in [0.15, 0.2) is 53.2 Å². The molecule has 0 radical (unpaired) electrons. The minimum absolute atomic E-state index is 0.182. The van der Waals surface area contributed by atoms with Gasteiger partial charge in [-0.2, -0.15) is 0 Å². The van der Waals surface area contributed by atoms with Gasteiger partial charge in [-0.05, 0) is 72.2 Å². The Morgan fingerprint density at radius 1 is 1.11 bits per heavy atom. The molecule has 1 atom stereocenters. The largest absolute Gasteiger partial charge is 0.494 e. The third-order valence-electron chi connectivity index (χ3n) is 3.83. The number of anilines is 1. The van der Waals surface area contributed by atoms with E-state index in [9.17, 15) is 9.18 Å². The van der Waals surface area contributed by atoms with E-state index in [1.165, 1.54) is 24.3 Å². The number of benzene rings is 2. The van der Waals surface area contributed by atoms with Crippen LogP contribution in [0.5, 0.6) is 11.5 Å². The summed E-state index contributed by atoms with van der Waals surface area (Å²) in [5.41, 5.74) is 1.11. The van der Waals surface area contributed by atoms with Crippen molar-refractivity contribution in [3.8, 4) is 22.8 Å². The summed E-state index contributed by atoms with van der Waals surface area (Å²) in [6.07, 6.45) is 0.0865. The van der Waals surface area contributed by atoms with Gasteiger partial charge in [0.15, 0.2) is 11.8 Å². The molecule has 7 nitrogen and oxygen atoms in total. The Balaban J connectivity index is 1.66. The Kier molecular flexibility index (Phi) is 6.21. The Bertz CT molecular complexity index is 910. The van der Waals surface area contributed by atoms with E-state index in [0.717, 1.165) is 12.2 Å². The summed E-state index contributed by atoms with van der Waals surface area (Å²) < 4.78 is 28.8. The third kappa shape index (κ3) is 4.85. The number of hydrogen-bond donors (Lipinski definition) is 1. The first-order chi connectivity index (χ1) is 13.6. The van der Waals surface area contributed by atoms with Crippen LogP contribution in [-0.4, -0.2) is 28.9 Å². The molecule has 1 amide bonds. The maximum Gasteiger partial charge on any atom is 0.266 e. The number of halogens is 1. The lowest BCUT2D eigenvalue weighted by Crippen LogP contribution is -2.30. The maximum atomic E-state index is 13.0. The normalized spacial score (nSPS) is 11.7. The third-order valence-corrected chi connectivity index (χ3v) is 3.83. The second-order valence-electron chi connectivity index (χ2n) is 6.04. The van der Waals surface area contributed by atoms with E-state index in [1.54, 1.807) is 19.1 Å². The molecule has 2 aromatic carbocycles. The first-order valence-corrected chi connectivity index (χ1v) is 8.85. The highest BCUT2D eigenvalue weighted by molar-refractivity contribution is 5.95. The fourth-order valence-electron chi connectivity index (χ4n) is 2.38. The number of nitrogens with one attached hydrogen (secondary N) is 1. The van der Waals surface area contributed by atoms with Crippen LogP contribution in [0, 0.1) is 5.82 Å². The van der Waals surface area contributed by atoms with Crippen LogP contribution in [0.3, 0.4) is 0 Å². The summed E-state index contributed by atoms with van der Waals surface area (Å²) in [6, 6.07) is 12.6. The number of carbonyl (C=O) groups excluding carboxylic acids is 1. The lowest BCUT2D eigenvalue weighted by molar-refractivity contribution is -0.122. The van der Waals surface area contributed by atoms with Crippen molar-refractivity contribution in [3.63, 3.8) is 0 Å². The number of carbonyl (C=O) groups is 1. The van der Waals surface area contributed by atoms with Gasteiger partial charge in [0.1, 0.15) is 17.3 Å². The lowest BCUT2D eigenvalue weighted by Gasteiger charge is -2.13. The van der Waals surface area contributed by atoms with E-state index in [0.29, 0.717) is 23.6 Å². The molecule has 3 rings (SSSR count). The van der Waals surface area contributed by atoms with E-state index in [4.69, 9.17) is 14.1 Å². The summed E-state index contributed by atoms with van der Waals surface area (Å²) >= 11 is 0. The molecule has 0 unspecified atom stereocenters. The van der Waals surface area contributed by atoms with Crippen LogP contribution < -0.4 is 14.8 Å². The fraction of sp³-hybridized carbons (Fsp3) is 0.250. The molecule has 28 heavy (non-hydrogen) atoms. The van der Waals surface area contributed by atoms with E-state index in [2.05, 4.69) is 15.6 Å². The zero-order valence-corrected chi connectivity index (χ0v) is 15.5. The van der Waals surface area contributed by atoms with Crippen molar-refractivity contribution in [2.24, 2.45) is 0 Å². The molecular weight excluding hydrogens is 365 g/mol. The van der Waals surface area contributed by atoms with Crippen molar-refractivity contribution in [2.45, 2.75) is 26.4 Å². The van der Waals surface area contributed by atoms with E-state index in [1.807, 2.05) is 19.1 Å². The molecule has 3 aromatic rings. The van der Waals surface area contributed by atoms with Gasteiger partial charge in [-0.3, -0.25) is 4.79 Å². The molecule has 1 N–H and O–H groups in total. The van der Waals surface area contributed by atoms with Crippen molar-refractivity contribution in [2.75, 3.05) is 11.9 Å². The molecule has 0 aliphatic carbocycles.